The van der Waals surface area contributed by atoms with Gasteiger partial charge in [0.25, 0.3) is 0 Å². The molecule has 1 aliphatic rings. The van der Waals surface area contributed by atoms with E-state index in [-0.39, 0.29) is 5.91 Å². The number of hydrogen-bond acceptors (Lipinski definition) is 2. The van der Waals surface area contributed by atoms with Gasteiger partial charge < -0.3 is 10.1 Å². The number of ether oxygens (including phenoxy) is 1. The second-order valence-electron chi connectivity index (χ2n) is 3.16. The van der Waals surface area contributed by atoms with Crippen molar-refractivity contribution in [3.8, 4) is 5.75 Å². The Morgan fingerprint density at radius 1 is 1.46 bits per heavy atom. The van der Waals surface area contributed by atoms with Crippen LogP contribution in [0.2, 0.25) is 0 Å². The van der Waals surface area contributed by atoms with Gasteiger partial charge >= 0.3 is 0 Å². The van der Waals surface area contributed by atoms with E-state index in [1.807, 2.05) is 19.1 Å². The van der Waals surface area contributed by atoms with E-state index in [0.717, 1.165) is 22.6 Å². The number of aryl methyl sites for hydroxylation is 1. The second-order valence-corrected chi connectivity index (χ2v) is 3.16. The molecule has 0 radical (unpaired) electrons. The molecule has 0 spiro atoms. The van der Waals surface area contributed by atoms with E-state index in [0.29, 0.717) is 6.42 Å². The fourth-order valence-corrected chi connectivity index (χ4v) is 1.61. The van der Waals surface area contributed by atoms with Crippen LogP contribution in [-0.2, 0) is 11.2 Å². The standard InChI is InChI=1S/C10H11NO2/c1-6-3-4-8(13-2)10-7(6)5-9(12)11-10/h3-4H,5H2,1-2H3,(H,11,12). The Kier molecular flexibility index (Phi) is 1.72. The summed E-state index contributed by atoms with van der Waals surface area (Å²) in [7, 11) is 1.61. The molecular weight excluding hydrogens is 166 g/mol. The topological polar surface area (TPSA) is 38.3 Å². The molecule has 1 heterocycles. The van der Waals surface area contributed by atoms with Crippen LogP contribution in [0.1, 0.15) is 11.1 Å². The number of hydrogen-bond donors (Lipinski definition) is 1. The molecule has 1 aliphatic heterocycles. The predicted molar refractivity (Wildman–Crippen MR) is 50.1 cm³/mol. The van der Waals surface area contributed by atoms with Gasteiger partial charge in [-0.3, -0.25) is 4.79 Å². The van der Waals surface area contributed by atoms with Gasteiger partial charge in [0.1, 0.15) is 5.75 Å². The van der Waals surface area contributed by atoms with Crippen LogP contribution in [0.25, 0.3) is 0 Å². The Labute approximate surface area is 76.7 Å². The van der Waals surface area contributed by atoms with Crippen molar-refractivity contribution >= 4 is 11.6 Å². The predicted octanol–water partition coefficient (Wildman–Crippen LogP) is 1.50. The highest BCUT2D eigenvalue weighted by Gasteiger charge is 2.22. The summed E-state index contributed by atoms with van der Waals surface area (Å²) in [5, 5.41) is 2.79. The molecule has 0 bridgehead atoms. The quantitative estimate of drug-likeness (QED) is 0.705. The summed E-state index contributed by atoms with van der Waals surface area (Å²) < 4.78 is 5.15. The number of nitrogens with one attached hydrogen (secondary N) is 1. The van der Waals surface area contributed by atoms with Gasteiger partial charge in [0.15, 0.2) is 0 Å². The lowest BCUT2D eigenvalue weighted by Gasteiger charge is -2.07. The van der Waals surface area contributed by atoms with Crippen molar-refractivity contribution in [1.29, 1.82) is 0 Å². The Balaban J connectivity index is 2.58. The highest BCUT2D eigenvalue weighted by Crippen LogP contribution is 2.34. The molecule has 13 heavy (non-hydrogen) atoms. The van der Waals surface area contributed by atoms with Crippen LogP contribution < -0.4 is 10.1 Å². The first kappa shape index (κ1) is 8.10. The third-order valence-corrected chi connectivity index (χ3v) is 2.33. The molecule has 3 heteroatoms. The SMILES string of the molecule is COc1ccc(C)c2c1NC(=O)C2. The van der Waals surface area contributed by atoms with Crippen LogP contribution in [0.4, 0.5) is 5.69 Å². The maximum Gasteiger partial charge on any atom is 0.228 e. The van der Waals surface area contributed by atoms with Gasteiger partial charge in [-0.2, -0.15) is 0 Å². The molecule has 1 aromatic rings. The largest absolute Gasteiger partial charge is 0.495 e. The van der Waals surface area contributed by atoms with Crippen molar-refractivity contribution in [2.45, 2.75) is 13.3 Å². The summed E-state index contributed by atoms with van der Waals surface area (Å²) in [5.74, 6) is 0.786. The van der Waals surface area contributed by atoms with E-state index in [4.69, 9.17) is 4.74 Å². The van der Waals surface area contributed by atoms with E-state index in [9.17, 15) is 4.79 Å². The minimum absolute atomic E-state index is 0.0441. The highest BCUT2D eigenvalue weighted by molar-refractivity contribution is 6.01. The molecule has 0 aromatic heterocycles. The number of carbonyl (C=O) groups excluding carboxylic acids is 1. The molecule has 0 saturated carbocycles. The van der Waals surface area contributed by atoms with E-state index in [1.165, 1.54) is 0 Å². The normalized spacial score (nSPS) is 13.8. The zero-order valence-corrected chi connectivity index (χ0v) is 7.68. The third kappa shape index (κ3) is 1.16. The average molecular weight is 177 g/mol. The van der Waals surface area contributed by atoms with Crippen molar-refractivity contribution in [2.75, 3.05) is 12.4 Å². The Morgan fingerprint density at radius 2 is 2.23 bits per heavy atom. The molecule has 0 aliphatic carbocycles. The Bertz CT molecular complexity index is 371. The van der Waals surface area contributed by atoms with Crippen molar-refractivity contribution in [3.63, 3.8) is 0 Å². The van der Waals surface area contributed by atoms with Crippen molar-refractivity contribution in [2.24, 2.45) is 0 Å². The van der Waals surface area contributed by atoms with Crippen LogP contribution in [0.3, 0.4) is 0 Å². The molecule has 1 N–H and O–H groups in total. The number of amides is 1. The van der Waals surface area contributed by atoms with E-state index in [1.54, 1.807) is 7.11 Å². The Hall–Kier alpha value is -1.51. The summed E-state index contributed by atoms with van der Waals surface area (Å²) >= 11 is 0. The van der Waals surface area contributed by atoms with Gasteiger partial charge in [-0.05, 0) is 24.1 Å². The smallest absolute Gasteiger partial charge is 0.228 e. The fraction of sp³-hybridized carbons (Fsp3) is 0.300. The first-order valence-corrected chi connectivity index (χ1v) is 4.18. The summed E-state index contributed by atoms with van der Waals surface area (Å²) in [6, 6.07) is 3.84. The van der Waals surface area contributed by atoms with Crippen LogP contribution in [0, 0.1) is 6.92 Å². The summed E-state index contributed by atoms with van der Waals surface area (Å²) in [6.07, 6.45) is 0.471. The number of anilines is 1. The van der Waals surface area contributed by atoms with Gasteiger partial charge in [0.05, 0.1) is 19.2 Å². The van der Waals surface area contributed by atoms with E-state index in [2.05, 4.69) is 5.32 Å². The van der Waals surface area contributed by atoms with Crippen molar-refractivity contribution < 1.29 is 9.53 Å². The number of fused-ring (bicyclic) bond motifs is 1. The van der Waals surface area contributed by atoms with Crippen molar-refractivity contribution in [1.82, 2.24) is 0 Å². The lowest BCUT2D eigenvalue weighted by Crippen LogP contribution is -2.04. The zero-order valence-electron chi connectivity index (χ0n) is 7.68. The average Bonchev–Trinajstić information content (AvgIpc) is 2.48. The molecular formula is C10H11NO2. The summed E-state index contributed by atoms with van der Waals surface area (Å²) in [5.41, 5.74) is 3.03. The molecule has 0 atom stereocenters. The molecule has 0 unspecified atom stereocenters. The number of methoxy groups -OCH3 is 1. The number of rotatable bonds is 1. The summed E-state index contributed by atoms with van der Waals surface area (Å²) in [4.78, 5) is 11.2. The molecule has 1 amide bonds. The minimum atomic E-state index is 0.0441. The zero-order chi connectivity index (χ0) is 9.42. The van der Waals surface area contributed by atoms with Crippen LogP contribution >= 0.6 is 0 Å². The van der Waals surface area contributed by atoms with Gasteiger partial charge in [0.2, 0.25) is 5.91 Å². The maximum absolute atomic E-state index is 11.2. The van der Waals surface area contributed by atoms with Gasteiger partial charge in [-0.1, -0.05) is 6.07 Å². The van der Waals surface area contributed by atoms with Crippen LogP contribution in [-0.4, -0.2) is 13.0 Å². The molecule has 1 aromatic carbocycles. The van der Waals surface area contributed by atoms with Gasteiger partial charge in [-0.15, -0.1) is 0 Å². The van der Waals surface area contributed by atoms with E-state index < -0.39 is 0 Å². The van der Waals surface area contributed by atoms with Crippen molar-refractivity contribution in [3.05, 3.63) is 23.3 Å². The number of carbonyl (C=O) groups is 1. The fourth-order valence-electron chi connectivity index (χ4n) is 1.61. The van der Waals surface area contributed by atoms with Crippen LogP contribution in [0.5, 0.6) is 5.75 Å². The van der Waals surface area contributed by atoms with Gasteiger partial charge in [0, 0.05) is 0 Å². The molecule has 3 nitrogen and oxygen atoms in total. The number of benzene rings is 1. The molecule has 2 rings (SSSR count). The van der Waals surface area contributed by atoms with Crippen LogP contribution in [0.15, 0.2) is 12.1 Å². The molecule has 68 valence electrons. The van der Waals surface area contributed by atoms with Gasteiger partial charge in [-0.25, -0.2) is 0 Å². The lowest BCUT2D eigenvalue weighted by atomic mass is 10.1. The summed E-state index contributed by atoms with van der Waals surface area (Å²) in [6.45, 7) is 2.00. The third-order valence-electron chi connectivity index (χ3n) is 2.33. The highest BCUT2D eigenvalue weighted by atomic mass is 16.5. The Morgan fingerprint density at radius 3 is 2.92 bits per heavy atom. The maximum atomic E-state index is 11.2. The first-order chi connectivity index (χ1) is 6.22. The van der Waals surface area contributed by atoms with E-state index >= 15 is 0 Å². The lowest BCUT2D eigenvalue weighted by molar-refractivity contribution is -0.115. The molecule has 0 saturated heterocycles. The minimum Gasteiger partial charge on any atom is -0.495 e. The first-order valence-electron chi connectivity index (χ1n) is 4.18. The monoisotopic (exact) mass is 177 g/mol. The second kappa shape index (κ2) is 2.76. The molecule has 0 fully saturated rings.